The highest BCUT2D eigenvalue weighted by molar-refractivity contribution is 5.81. The highest BCUT2D eigenvalue weighted by atomic mass is 16.1. The van der Waals surface area contributed by atoms with Crippen LogP contribution in [0.2, 0.25) is 0 Å². The number of anilines is 1. The summed E-state index contributed by atoms with van der Waals surface area (Å²) in [6.07, 6.45) is 2.57. The number of hydrogen-bond donors (Lipinski definition) is 2. The number of benzene rings is 1. The van der Waals surface area contributed by atoms with Gasteiger partial charge in [0.15, 0.2) is 0 Å². The minimum absolute atomic E-state index is 0.0229. The first kappa shape index (κ1) is 10.7. The molecular weight excluding hydrogens is 202 g/mol. The van der Waals surface area contributed by atoms with Crippen molar-refractivity contribution >= 4 is 16.6 Å². The van der Waals surface area contributed by atoms with Crippen LogP contribution >= 0.6 is 0 Å². The molecule has 0 spiro atoms. The van der Waals surface area contributed by atoms with E-state index in [0.29, 0.717) is 17.6 Å². The summed E-state index contributed by atoms with van der Waals surface area (Å²) in [4.78, 5) is 15.2. The number of nitrogens with one attached hydrogen (secondary N) is 1. The van der Waals surface area contributed by atoms with Gasteiger partial charge in [-0.15, -0.1) is 0 Å². The van der Waals surface area contributed by atoms with Gasteiger partial charge in [0.1, 0.15) is 5.69 Å². The Hall–Kier alpha value is -1.81. The molecule has 2 aromatic rings. The van der Waals surface area contributed by atoms with Crippen LogP contribution in [0.15, 0.2) is 35.3 Å². The van der Waals surface area contributed by atoms with Crippen LogP contribution in [0.5, 0.6) is 0 Å². The van der Waals surface area contributed by atoms with Crippen molar-refractivity contribution in [2.75, 3.05) is 11.6 Å². The molecule has 2 rings (SSSR count). The first-order valence-corrected chi connectivity index (χ1v) is 5.36. The molecule has 0 amide bonds. The Kier molecular flexibility index (Phi) is 2.92. The Morgan fingerprint density at radius 1 is 1.38 bits per heavy atom. The molecule has 0 saturated carbocycles. The molecule has 4 heteroatoms. The molecule has 16 heavy (non-hydrogen) atoms. The summed E-state index contributed by atoms with van der Waals surface area (Å²) in [7, 11) is 0. The molecule has 1 aromatic carbocycles. The molecule has 0 bridgehead atoms. The van der Waals surface area contributed by atoms with E-state index in [1.807, 2.05) is 25.1 Å². The number of rotatable bonds is 3. The molecule has 1 aromatic heterocycles. The predicted molar refractivity (Wildman–Crippen MR) is 66.4 cm³/mol. The first-order chi connectivity index (χ1) is 7.74. The quantitative estimate of drug-likeness (QED) is 0.606. The van der Waals surface area contributed by atoms with E-state index in [2.05, 4.69) is 4.98 Å². The van der Waals surface area contributed by atoms with Crippen molar-refractivity contribution in [1.82, 2.24) is 4.98 Å². The van der Waals surface area contributed by atoms with Crippen LogP contribution < -0.4 is 16.3 Å². The van der Waals surface area contributed by atoms with E-state index in [-0.39, 0.29) is 5.43 Å². The number of nitrogens with zero attached hydrogens (tertiary/aromatic N) is 1. The van der Waals surface area contributed by atoms with Gasteiger partial charge in [-0.25, -0.2) is 5.84 Å². The number of hydrazine groups is 1. The van der Waals surface area contributed by atoms with Gasteiger partial charge < -0.3 is 9.99 Å². The van der Waals surface area contributed by atoms with Crippen LogP contribution in [0.1, 0.15) is 13.3 Å². The number of para-hydroxylation sites is 1. The van der Waals surface area contributed by atoms with Gasteiger partial charge in [-0.2, -0.15) is 0 Å². The summed E-state index contributed by atoms with van der Waals surface area (Å²) < 4.78 is 0. The molecule has 1 heterocycles. The lowest BCUT2D eigenvalue weighted by Crippen LogP contribution is -2.35. The van der Waals surface area contributed by atoms with Crippen molar-refractivity contribution in [2.24, 2.45) is 5.84 Å². The van der Waals surface area contributed by atoms with Crippen LogP contribution in [-0.2, 0) is 0 Å². The Balaban J connectivity index is 2.57. The number of hydrogen-bond acceptors (Lipinski definition) is 3. The Morgan fingerprint density at radius 3 is 2.88 bits per heavy atom. The molecular formula is C12H15N3O. The summed E-state index contributed by atoms with van der Waals surface area (Å²) in [5.41, 5.74) is 1.33. The maximum Gasteiger partial charge on any atom is 0.213 e. The van der Waals surface area contributed by atoms with Gasteiger partial charge in [0, 0.05) is 23.6 Å². The molecule has 0 aliphatic heterocycles. The topological polar surface area (TPSA) is 62.1 Å². The lowest BCUT2D eigenvalue weighted by Gasteiger charge is -2.16. The standard InChI is InChI=1S/C12H15N3O/c1-2-7-15(13)11-8-14-10-6-4-3-5-9(10)12(11)16/h3-6,8H,2,7,13H2,1H3,(H,14,16). The Labute approximate surface area is 93.7 Å². The Bertz CT molecular complexity index is 547. The fourth-order valence-corrected chi connectivity index (χ4v) is 1.73. The molecule has 3 N–H and O–H groups in total. The number of fused-ring (bicyclic) bond motifs is 1. The average Bonchev–Trinajstić information content (AvgIpc) is 2.30. The average molecular weight is 217 g/mol. The van der Waals surface area contributed by atoms with Crippen LogP contribution in [-0.4, -0.2) is 11.5 Å². The molecule has 84 valence electrons. The highest BCUT2D eigenvalue weighted by Crippen LogP contribution is 2.11. The molecule has 0 radical (unpaired) electrons. The Morgan fingerprint density at radius 2 is 2.12 bits per heavy atom. The summed E-state index contributed by atoms with van der Waals surface area (Å²) in [5, 5.41) is 2.16. The third kappa shape index (κ3) is 1.79. The van der Waals surface area contributed by atoms with Gasteiger partial charge in [-0.3, -0.25) is 4.79 Å². The summed E-state index contributed by atoms with van der Waals surface area (Å²) in [6, 6.07) is 7.42. The van der Waals surface area contributed by atoms with E-state index in [0.717, 1.165) is 11.9 Å². The van der Waals surface area contributed by atoms with Crippen LogP contribution in [0, 0.1) is 0 Å². The number of nitrogens with two attached hydrogens (primary N) is 1. The van der Waals surface area contributed by atoms with E-state index in [1.54, 1.807) is 12.3 Å². The van der Waals surface area contributed by atoms with Crippen LogP contribution in [0.3, 0.4) is 0 Å². The fraction of sp³-hybridized carbons (Fsp3) is 0.250. The molecule has 0 atom stereocenters. The number of H-pyrrole nitrogens is 1. The molecule has 0 fully saturated rings. The number of aromatic amines is 1. The first-order valence-electron chi connectivity index (χ1n) is 5.36. The zero-order valence-electron chi connectivity index (χ0n) is 9.23. The largest absolute Gasteiger partial charge is 0.359 e. The van der Waals surface area contributed by atoms with Gasteiger partial charge in [-0.05, 0) is 18.6 Å². The minimum atomic E-state index is -0.0229. The summed E-state index contributed by atoms with van der Waals surface area (Å²) >= 11 is 0. The van der Waals surface area contributed by atoms with Crippen molar-refractivity contribution in [3.8, 4) is 0 Å². The van der Waals surface area contributed by atoms with Gasteiger partial charge >= 0.3 is 0 Å². The smallest absolute Gasteiger partial charge is 0.213 e. The zero-order valence-corrected chi connectivity index (χ0v) is 9.23. The van der Waals surface area contributed by atoms with E-state index in [4.69, 9.17) is 5.84 Å². The summed E-state index contributed by atoms with van der Waals surface area (Å²) in [6.45, 7) is 2.69. The van der Waals surface area contributed by atoms with Crippen molar-refractivity contribution in [1.29, 1.82) is 0 Å². The van der Waals surface area contributed by atoms with Crippen molar-refractivity contribution < 1.29 is 0 Å². The second-order valence-corrected chi connectivity index (χ2v) is 3.74. The number of aromatic nitrogens is 1. The van der Waals surface area contributed by atoms with E-state index in [1.165, 1.54) is 5.01 Å². The third-order valence-corrected chi connectivity index (χ3v) is 2.54. The van der Waals surface area contributed by atoms with Crippen LogP contribution in [0.4, 0.5) is 5.69 Å². The lowest BCUT2D eigenvalue weighted by molar-refractivity contribution is 0.801. The third-order valence-electron chi connectivity index (χ3n) is 2.54. The van der Waals surface area contributed by atoms with E-state index in [9.17, 15) is 4.79 Å². The van der Waals surface area contributed by atoms with Gasteiger partial charge in [-0.1, -0.05) is 19.1 Å². The fourth-order valence-electron chi connectivity index (χ4n) is 1.73. The minimum Gasteiger partial charge on any atom is -0.359 e. The lowest BCUT2D eigenvalue weighted by atomic mass is 10.2. The maximum atomic E-state index is 12.1. The monoisotopic (exact) mass is 217 g/mol. The second kappa shape index (κ2) is 4.37. The highest BCUT2D eigenvalue weighted by Gasteiger charge is 2.08. The van der Waals surface area contributed by atoms with E-state index >= 15 is 0 Å². The van der Waals surface area contributed by atoms with Gasteiger partial charge in [0.05, 0.1) is 0 Å². The van der Waals surface area contributed by atoms with Crippen molar-refractivity contribution in [2.45, 2.75) is 13.3 Å². The van der Waals surface area contributed by atoms with Gasteiger partial charge in [0.25, 0.3) is 0 Å². The van der Waals surface area contributed by atoms with Crippen LogP contribution in [0.25, 0.3) is 10.9 Å². The van der Waals surface area contributed by atoms with Crippen molar-refractivity contribution in [3.05, 3.63) is 40.7 Å². The predicted octanol–water partition coefficient (Wildman–Crippen LogP) is 1.62. The molecule has 0 aliphatic carbocycles. The normalized spacial score (nSPS) is 10.6. The summed E-state index contributed by atoms with van der Waals surface area (Å²) in [5.74, 6) is 5.81. The SMILES string of the molecule is CCCN(N)c1c[nH]c2ccccc2c1=O. The van der Waals surface area contributed by atoms with Crippen molar-refractivity contribution in [3.63, 3.8) is 0 Å². The number of pyridine rings is 1. The maximum absolute atomic E-state index is 12.1. The molecule has 0 saturated heterocycles. The second-order valence-electron chi connectivity index (χ2n) is 3.74. The molecule has 0 unspecified atom stereocenters. The molecule has 4 nitrogen and oxygen atoms in total. The molecule has 0 aliphatic rings. The van der Waals surface area contributed by atoms with Gasteiger partial charge in [0.2, 0.25) is 5.43 Å². The van der Waals surface area contributed by atoms with E-state index < -0.39 is 0 Å². The zero-order chi connectivity index (χ0) is 11.5.